The molecule has 0 aliphatic heterocycles. The number of rotatable bonds is 8. The fraction of sp³-hybridized carbons (Fsp3) is 0.256. The smallest absolute Gasteiger partial charge is 0.197 e. The van der Waals surface area contributed by atoms with E-state index in [2.05, 4.69) is 36.8 Å². The number of fused-ring (bicyclic) bond motifs is 9. The van der Waals surface area contributed by atoms with Crippen molar-refractivity contribution in [2.45, 2.75) is 60.5 Å². The maximum absolute atomic E-state index is 14.4. The van der Waals surface area contributed by atoms with Gasteiger partial charge in [0.25, 0.3) is 0 Å². The molecule has 0 N–H and O–H groups in total. The standard InChI is InChI=1S/C43H33F3N2O4S3/c1-18(2)6-8-47-32-13-21(11-27-36(49)23-10-20(5)29(44)15-24(23)37(27)50)53-40(32)42-34(47)35-43(55-42)41-33(48(35)9-7-19(3)4)14-22(54-41)12-28-38(51)25-16-30(45)31(46)17-26(25)39(28)52/h10-19H,6-9H2,1-5H3/b27-11-. The summed E-state index contributed by atoms with van der Waals surface area (Å²) < 4.78 is 51.4. The molecule has 0 saturated heterocycles. The molecule has 7 aromatic rings. The zero-order valence-electron chi connectivity index (χ0n) is 30.5. The van der Waals surface area contributed by atoms with Crippen LogP contribution >= 0.6 is 34.0 Å². The summed E-state index contributed by atoms with van der Waals surface area (Å²) in [5, 5.41) is 0. The Kier molecular flexibility index (Phi) is 8.34. The summed E-state index contributed by atoms with van der Waals surface area (Å²) in [6, 6.07) is 8.23. The lowest BCUT2D eigenvalue weighted by Gasteiger charge is -2.12. The van der Waals surface area contributed by atoms with E-state index in [1.54, 1.807) is 24.3 Å². The van der Waals surface area contributed by atoms with Crippen LogP contribution in [0.5, 0.6) is 0 Å². The normalized spacial score (nSPS) is 15.3. The molecule has 0 amide bonds. The van der Waals surface area contributed by atoms with Gasteiger partial charge in [0.05, 0.1) is 52.0 Å². The van der Waals surface area contributed by atoms with Gasteiger partial charge in [0.15, 0.2) is 34.8 Å². The fourth-order valence-electron chi connectivity index (χ4n) is 7.68. The maximum atomic E-state index is 14.4. The molecular weight excluding hydrogens is 762 g/mol. The van der Waals surface area contributed by atoms with Crippen LogP contribution in [0.15, 0.2) is 47.5 Å². The number of halogens is 3. The van der Waals surface area contributed by atoms with Crippen LogP contribution in [0.3, 0.4) is 0 Å². The van der Waals surface area contributed by atoms with E-state index in [0.29, 0.717) is 22.3 Å². The Morgan fingerprint density at radius 3 is 1.33 bits per heavy atom. The first kappa shape index (κ1) is 35.8. The zero-order valence-corrected chi connectivity index (χ0v) is 32.9. The van der Waals surface area contributed by atoms with Gasteiger partial charge in [-0.15, -0.1) is 34.0 Å². The number of aryl methyl sites for hydroxylation is 3. The van der Waals surface area contributed by atoms with Gasteiger partial charge in [-0.1, -0.05) is 27.7 Å². The minimum Gasteiger partial charge on any atom is -0.337 e. The first-order valence-corrected chi connectivity index (χ1v) is 20.6. The Labute approximate surface area is 325 Å². The van der Waals surface area contributed by atoms with Gasteiger partial charge in [0, 0.05) is 45.1 Å². The number of carbonyl (C=O) groups is 4. The molecule has 2 aliphatic rings. The van der Waals surface area contributed by atoms with E-state index in [1.807, 2.05) is 12.1 Å². The van der Waals surface area contributed by atoms with Gasteiger partial charge in [-0.3, -0.25) is 19.2 Å². The van der Waals surface area contributed by atoms with Crippen molar-refractivity contribution in [3.05, 3.63) is 103 Å². The van der Waals surface area contributed by atoms with Crippen molar-refractivity contribution in [2.24, 2.45) is 11.8 Å². The molecular formula is C43H33F3N2O4S3. The third-order valence-electron chi connectivity index (χ3n) is 10.6. The van der Waals surface area contributed by atoms with Crippen molar-refractivity contribution in [1.29, 1.82) is 0 Å². The summed E-state index contributed by atoms with van der Waals surface area (Å²) in [4.78, 5) is 54.6. The van der Waals surface area contributed by atoms with E-state index in [0.717, 1.165) is 89.9 Å². The van der Waals surface area contributed by atoms with Crippen molar-refractivity contribution in [3.63, 3.8) is 0 Å². The molecule has 2 aliphatic carbocycles. The second-order valence-electron chi connectivity index (χ2n) is 15.2. The highest BCUT2D eigenvalue weighted by atomic mass is 32.1. The molecule has 0 atom stereocenters. The number of nitrogens with zero attached hydrogens (tertiary/aromatic N) is 2. The fourth-order valence-corrected chi connectivity index (χ4v) is 11.5. The molecule has 5 heterocycles. The maximum Gasteiger partial charge on any atom is 0.197 e. The van der Waals surface area contributed by atoms with E-state index in [9.17, 15) is 32.3 Å². The summed E-state index contributed by atoms with van der Waals surface area (Å²) in [5.74, 6) is -4.12. The molecule has 9 rings (SSSR count). The van der Waals surface area contributed by atoms with E-state index < -0.39 is 40.6 Å². The molecule has 278 valence electrons. The number of aromatic nitrogens is 2. The second-order valence-corrected chi connectivity index (χ2v) is 18.4. The van der Waals surface area contributed by atoms with E-state index in [1.165, 1.54) is 34.8 Å². The van der Waals surface area contributed by atoms with Crippen LogP contribution in [0, 0.1) is 36.2 Å². The number of allylic oxidation sites excluding steroid dienone is 2. The summed E-state index contributed by atoms with van der Waals surface area (Å²) >= 11 is 4.67. The minimum absolute atomic E-state index is 0.0323. The second kappa shape index (κ2) is 12.8. The lowest BCUT2D eigenvalue weighted by molar-refractivity contribution is 0.0975. The molecule has 0 saturated carbocycles. The highest BCUT2D eigenvalue weighted by Gasteiger charge is 2.36. The van der Waals surface area contributed by atoms with Gasteiger partial charge in [-0.25, -0.2) is 13.2 Å². The van der Waals surface area contributed by atoms with Gasteiger partial charge in [0.2, 0.25) is 0 Å². The SMILES string of the molecule is Cc1cc2c(cc1F)C(=O)/C(=C\c1cc3c(s1)c1sc4c5sc(C=C6C(=O)c7cc(F)c(F)cc7C6=O)cc5n(CCC(C)C)c4c1n3CCC(C)C)C2=O. The van der Waals surface area contributed by atoms with Gasteiger partial charge >= 0.3 is 0 Å². The highest BCUT2D eigenvalue weighted by Crippen LogP contribution is 2.50. The average molecular weight is 795 g/mol. The van der Waals surface area contributed by atoms with Crippen LogP contribution < -0.4 is 0 Å². The first-order valence-electron chi connectivity index (χ1n) is 18.1. The number of hydrogen-bond donors (Lipinski definition) is 0. The van der Waals surface area contributed by atoms with Crippen molar-refractivity contribution in [1.82, 2.24) is 9.13 Å². The predicted octanol–water partition coefficient (Wildman–Crippen LogP) is 11.8. The van der Waals surface area contributed by atoms with Gasteiger partial charge < -0.3 is 9.13 Å². The Morgan fingerprint density at radius 1 is 0.545 bits per heavy atom. The third-order valence-corrected chi connectivity index (χ3v) is 14.2. The van der Waals surface area contributed by atoms with E-state index >= 15 is 0 Å². The molecule has 0 spiro atoms. The molecule has 2 aromatic carbocycles. The van der Waals surface area contributed by atoms with Crippen LogP contribution in [0.4, 0.5) is 13.2 Å². The Morgan fingerprint density at radius 2 is 0.927 bits per heavy atom. The minimum atomic E-state index is -1.17. The number of Topliss-reactive ketones (excluding diaryl/α,β-unsaturated/α-hetero) is 4. The first-order chi connectivity index (χ1) is 26.2. The molecule has 0 unspecified atom stereocenters. The van der Waals surface area contributed by atoms with Crippen LogP contribution in [0.2, 0.25) is 0 Å². The van der Waals surface area contributed by atoms with Crippen molar-refractivity contribution >= 4 is 110 Å². The molecule has 6 nitrogen and oxygen atoms in total. The number of benzene rings is 2. The van der Waals surface area contributed by atoms with Gasteiger partial charge in [-0.2, -0.15) is 0 Å². The summed E-state index contributed by atoms with van der Waals surface area (Å²) in [5.41, 5.74) is 4.55. The highest BCUT2D eigenvalue weighted by molar-refractivity contribution is 7.34. The number of hydrogen-bond acceptors (Lipinski definition) is 7. The molecule has 12 heteroatoms. The molecule has 55 heavy (non-hydrogen) atoms. The van der Waals surface area contributed by atoms with Crippen LogP contribution in [-0.2, 0) is 13.1 Å². The Balaban J connectivity index is 1.21. The summed E-state index contributed by atoms with van der Waals surface area (Å²) in [6.45, 7) is 11.8. The Bertz CT molecular complexity index is 2680. The largest absolute Gasteiger partial charge is 0.337 e. The van der Waals surface area contributed by atoms with Crippen LogP contribution in [0.25, 0.3) is 53.0 Å². The number of ketones is 4. The summed E-state index contributed by atoms with van der Waals surface area (Å²) in [6.07, 6.45) is 5.02. The van der Waals surface area contributed by atoms with E-state index in [4.69, 9.17) is 0 Å². The molecule has 0 fully saturated rings. The van der Waals surface area contributed by atoms with Gasteiger partial charge in [0.1, 0.15) is 5.82 Å². The molecule has 0 bridgehead atoms. The quantitative estimate of drug-likeness (QED) is 0.113. The van der Waals surface area contributed by atoms with Crippen LogP contribution in [-0.4, -0.2) is 32.3 Å². The van der Waals surface area contributed by atoms with Crippen molar-refractivity contribution in [3.8, 4) is 0 Å². The molecule has 5 aromatic heterocycles. The molecule has 0 radical (unpaired) electrons. The lowest BCUT2D eigenvalue weighted by atomic mass is 10.1. The summed E-state index contributed by atoms with van der Waals surface area (Å²) in [7, 11) is 0. The predicted molar refractivity (Wildman–Crippen MR) is 216 cm³/mol. The topological polar surface area (TPSA) is 78.1 Å². The zero-order chi connectivity index (χ0) is 38.8. The van der Waals surface area contributed by atoms with Crippen molar-refractivity contribution in [2.75, 3.05) is 0 Å². The van der Waals surface area contributed by atoms with E-state index in [-0.39, 0.29) is 33.4 Å². The number of carbonyl (C=O) groups excluding carboxylic acids is 4. The van der Waals surface area contributed by atoms with Gasteiger partial charge in [-0.05, 0) is 85.7 Å². The van der Waals surface area contributed by atoms with Crippen LogP contribution in [0.1, 0.15) is 97.3 Å². The monoisotopic (exact) mass is 794 g/mol. The lowest BCUT2D eigenvalue weighted by Crippen LogP contribution is -2.04. The third kappa shape index (κ3) is 5.47. The van der Waals surface area contributed by atoms with Crippen molar-refractivity contribution < 1.29 is 32.3 Å². The Hall–Kier alpha value is -4.91. The average Bonchev–Trinajstić information content (AvgIpc) is 3.97. The number of thiophene rings is 3.